The minimum atomic E-state index is -0.694. The fourth-order valence-electron chi connectivity index (χ4n) is 2.15. The maximum atomic E-state index is 11.0. The zero-order valence-corrected chi connectivity index (χ0v) is 8.69. The van der Waals surface area contributed by atoms with E-state index in [1.165, 1.54) is 0 Å². The fraction of sp³-hybridized carbons (Fsp3) is 0.417. The predicted octanol–water partition coefficient (Wildman–Crippen LogP) is 1.47. The van der Waals surface area contributed by atoms with Crippen LogP contribution in [0.3, 0.4) is 0 Å². The van der Waals surface area contributed by atoms with Gasteiger partial charge in [0, 0.05) is 13.5 Å². The number of carbonyl (C=O) groups excluding carboxylic acids is 1. The van der Waals surface area contributed by atoms with Crippen LogP contribution in [-0.2, 0) is 22.4 Å². The lowest BCUT2D eigenvalue weighted by atomic mass is 9.81. The molecule has 1 aliphatic carbocycles. The topological polar surface area (TPSA) is 46.5 Å². The van der Waals surface area contributed by atoms with E-state index < -0.39 is 5.60 Å². The Hall–Kier alpha value is -1.35. The molecule has 3 nitrogen and oxygen atoms in total. The third-order valence-corrected chi connectivity index (χ3v) is 3.16. The second kappa shape index (κ2) is 3.66. The van der Waals surface area contributed by atoms with Crippen LogP contribution in [0, 0.1) is 0 Å². The van der Waals surface area contributed by atoms with Gasteiger partial charge in [-0.05, 0) is 30.0 Å². The Balaban J connectivity index is 2.38. The van der Waals surface area contributed by atoms with Gasteiger partial charge in [-0.1, -0.05) is 12.1 Å². The lowest BCUT2D eigenvalue weighted by Crippen LogP contribution is -2.39. The second-order valence-electron chi connectivity index (χ2n) is 3.98. The summed E-state index contributed by atoms with van der Waals surface area (Å²) in [6.45, 7) is 0. The van der Waals surface area contributed by atoms with E-state index in [0.717, 1.165) is 17.4 Å². The highest BCUT2D eigenvalue weighted by Gasteiger charge is 2.34. The van der Waals surface area contributed by atoms with Crippen LogP contribution in [0.2, 0.25) is 0 Å². The number of methoxy groups -OCH3 is 1. The number of phenols is 1. The molecular formula is C12H14O3. The average Bonchev–Trinajstić information content (AvgIpc) is 2.29. The summed E-state index contributed by atoms with van der Waals surface area (Å²) in [5.74, 6) is 0.322. The molecule has 1 unspecified atom stereocenters. The first-order chi connectivity index (χ1) is 7.21. The van der Waals surface area contributed by atoms with Crippen LogP contribution >= 0.6 is 0 Å². The third-order valence-electron chi connectivity index (χ3n) is 3.16. The smallest absolute Gasteiger partial charge is 0.152 e. The maximum Gasteiger partial charge on any atom is 0.152 e. The van der Waals surface area contributed by atoms with Crippen molar-refractivity contribution in [1.29, 1.82) is 0 Å². The molecule has 0 fully saturated rings. The van der Waals surface area contributed by atoms with Crippen LogP contribution in [0.1, 0.15) is 17.5 Å². The first-order valence-corrected chi connectivity index (χ1v) is 5.02. The molecule has 1 aromatic rings. The normalized spacial score (nSPS) is 24.6. The van der Waals surface area contributed by atoms with E-state index in [-0.39, 0.29) is 0 Å². The Kier molecular flexibility index (Phi) is 2.49. The van der Waals surface area contributed by atoms with E-state index in [2.05, 4.69) is 0 Å². The summed E-state index contributed by atoms with van der Waals surface area (Å²) in [5.41, 5.74) is 1.27. The molecule has 2 rings (SSSR count). The van der Waals surface area contributed by atoms with Gasteiger partial charge in [0.25, 0.3) is 0 Å². The zero-order chi connectivity index (χ0) is 10.9. The van der Waals surface area contributed by atoms with Gasteiger partial charge in [0.1, 0.15) is 11.4 Å². The minimum Gasteiger partial charge on any atom is -0.508 e. The van der Waals surface area contributed by atoms with E-state index in [4.69, 9.17) is 4.74 Å². The molecule has 1 aliphatic rings. The largest absolute Gasteiger partial charge is 0.508 e. The van der Waals surface area contributed by atoms with Gasteiger partial charge in [0.05, 0.1) is 0 Å². The van der Waals surface area contributed by atoms with Gasteiger partial charge >= 0.3 is 0 Å². The highest BCUT2D eigenvalue weighted by Crippen LogP contribution is 2.34. The first kappa shape index (κ1) is 10.2. The summed E-state index contributed by atoms with van der Waals surface area (Å²) in [6.07, 6.45) is 2.75. The quantitative estimate of drug-likeness (QED) is 0.745. The number of rotatable bonds is 2. The van der Waals surface area contributed by atoms with E-state index in [9.17, 15) is 9.90 Å². The molecule has 0 aromatic heterocycles. The number of phenolic OH excluding ortho intramolecular Hbond substituents is 1. The van der Waals surface area contributed by atoms with E-state index in [1.54, 1.807) is 19.2 Å². The molecule has 0 bridgehead atoms. The van der Waals surface area contributed by atoms with Crippen molar-refractivity contribution in [3.8, 4) is 5.75 Å². The van der Waals surface area contributed by atoms with Gasteiger partial charge in [0.2, 0.25) is 0 Å². The van der Waals surface area contributed by atoms with Gasteiger partial charge in [-0.15, -0.1) is 0 Å². The molecular weight excluding hydrogens is 192 g/mol. The molecule has 0 saturated carbocycles. The summed E-state index contributed by atoms with van der Waals surface area (Å²) in [7, 11) is 1.56. The lowest BCUT2D eigenvalue weighted by molar-refractivity contribution is -0.128. The van der Waals surface area contributed by atoms with Crippen molar-refractivity contribution < 1.29 is 14.6 Å². The molecule has 15 heavy (non-hydrogen) atoms. The van der Waals surface area contributed by atoms with Crippen molar-refractivity contribution >= 4 is 6.29 Å². The molecule has 1 N–H and O–H groups in total. The molecule has 3 heteroatoms. The Labute approximate surface area is 88.7 Å². The molecule has 80 valence electrons. The molecule has 0 spiro atoms. The molecule has 0 amide bonds. The van der Waals surface area contributed by atoms with Crippen LogP contribution in [0.5, 0.6) is 5.75 Å². The monoisotopic (exact) mass is 206 g/mol. The highest BCUT2D eigenvalue weighted by molar-refractivity contribution is 5.65. The van der Waals surface area contributed by atoms with E-state index in [1.807, 2.05) is 6.07 Å². The summed E-state index contributed by atoms with van der Waals surface area (Å²) in [4.78, 5) is 11.0. The highest BCUT2D eigenvalue weighted by atomic mass is 16.5. The molecule has 1 aromatic carbocycles. The van der Waals surface area contributed by atoms with Crippen LogP contribution < -0.4 is 0 Å². The number of benzene rings is 1. The number of hydrogen-bond donors (Lipinski definition) is 1. The molecule has 0 radical (unpaired) electrons. The zero-order valence-electron chi connectivity index (χ0n) is 8.69. The number of fused-ring (bicyclic) bond motifs is 1. The Bertz CT molecular complexity index is 386. The first-order valence-electron chi connectivity index (χ1n) is 5.02. The third kappa shape index (κ3) is 1.63. The van der Waals surface area contributed by atoms with Crippen LogP contribution in [0.25, 0.3) is 0 Å². The lowest BCUT2D eigenvalue weighted by Gasteiger charge is -2.32. The molecule has 0 saturated heterocycles. The van der Waals surface area contributed by atoms with E-state index >= 15 is 0 Å². The second-order valence-corrected chi connectivity index (χ2v) is 3.98. The van der Waals surface area contributed by atoms with Gasteiger partial charge in [-0.3, -0.25) is 0 Å². The van der Waals surface area contributed by atoms with Crippen LogP contribution in [0.15, 0.2) is 18.2 Å². The minimum absolute atomic E-state index is 0.322. The SMILES string of the molecule is COC1(C=O)CCc2c(O)cccc2C1. The average molecular weight is 206 g/mol. The summed E-state index contributed by atoms with van der Waals surface area (Å²) in [5, 5.41) is 9.64. The number of ether oxygens (including phenoxy) is 1. The van der Waals surface area contributed by atoms with Crippen molar-refractivity contribution in [1.82, 2.24) is 0 Å². The molecule has 0 heterocycles. The summed E-state index contributed by atoms with van der Waals surface area (Å²) in [6, 6.07) is 5.41. The number of hydrogen-bond acceptors (Lipinski definition) is 3. The van der Waals surface area contributed by atoms with Crippen molar-refractivity contribution in [3.63, 3.8) is 0 Å². The van der Waals surface area contributed by atoms with E-state index in [0.29, 0.717) is 25.0 Å². The number of carbonyl (C=O) groups is 1. The summed E-state index contributed by atoms with van der Waals surface area (Å²) < 4.78 is 5.27. The van der Waals surface area contributed by atoms with Crippen molar-refractivity contribution in [3.05, 3.63) is 29.3 Å². The Morgan fingerprint density at radius 1 is 1.53 bits per heavy atom. The Morgan fingerprint density at radius 2 is 2.33 bits per heavy atom. The number of aromatic hydroxyl groups is 1. The predicted molar refractivity (Wildman–Crippen MR) is 55.9 cm³/mol. The standard InChI is InChI=1S/C12H14O3/c1-15-12(8-13)6-5-10-9(7-12)3-2-4-11(10)14/h2-4,8,14H,5-7H2,1H3. The molecule has 0 aliphatic heterocycles. The van der Waals surface area contributed by atoms with Crippen molar-refractivity contribution in [2.45, 2.75) is 24.9 Å². The number of aldehydes is 1. The van der Waals surface area contributed by atoms with Crippen molar-refractivity contribution in [2.24, 2.45) is 0 Å². The molecule has 1 atom stereocenters. The Morgan fingerprint density at radius 3 is 3.00 bits per heavy atom. The fourth-order valence-corrected chi connectivity index (χ4v) is 2.15. The van der Waals surface area contributed by atoms with Gasteiger partial charge < -0.3 is 14.6 Å². The summed E-state index contributed by atoms with van der Waals surface area (Å²) >= 11 is 0. The van der Waals surface area contributed by atoms with Crippen molar-refractivity contribution in [2.75, 3.05) is 7.11 Å². The van der Waals surface area contributed by atoms with Gasteiger partial charge in [0.15, 0.2) is 6.29 Å². The van der Waals surface area contributed by atoms with Crippen LogP contribution in [0.4, 0.5) is 0 Å². The van der Waals surface area contributed by atoms with Gasteiger partial charge in [-0.25, -0.2) is 0 Å². The van der Waals surface area contributed by atoms with Gasteiger partial charge in [-0.2, -0.15) is 0 Å². The maximum absolute atomic E-state index is 11.0. The van der Waals surface area contributed by atoms with Crippen LogP contribution in [-0.4, -0.2) is 24.1 Å².